The minimum Gasteiger partial charge on any atom is -0.348 e. The van der Waals surface area contributed by atoms with E-state index < -0.39 is 0 Å². The van der Waals surface area contributed by atoms with Gasteiger partial charge in [-0.05, 0) is 68.6 Å². The van der Waals surface area contributed by atoms with Crippen molar-refractivity contribution in [3.63, 3.8) is 0 Å². The highest BCUT2D eigenvalue weighted by Gasteiger charge is 2.53. The van der Waals surface area contributed by atoms with Crippen LogP contribution in [0.15, 0.2) is 16.8 Å². The van der Waals surface area contributed by atoms with Gasteiger partial charge in [0.15, 0.2) is 5.17 Å². The fraction of sp³-hybridized carbons (Fsp3) is 0.737. The molecule has 1 amide bonds. The fourth-order valence-corrected chi connectivity index (χ4v) is 6.54. The van der Waals surface area contributed by atoms with E-state index in [0.29, 0.717) is 0 Å². The second-order valence-electron chi connectivity index (χ2n) is 8.32. The Kier molecular flexibility index (Phi) is 4.53. The number of nitrogens with zero attached hydrogens (tertiary/aromatic N) is 2. The predicted molar refractivity (Wildman–Crippen MR) is 99.8 cm³/mol. The minimum atomic E-state index is -0.262. The Bertz CT molecular complexity index is 628. The summed E-state index contributed by atoms with van der Waals surface area (Å²) in [6.07, 6.45) is 9.43. The zero-order chi connectivity index (χ0) is 17.4. The van der Waals surface area contributed by atoms with Crippen LogP contribution in [-0.2, 0) is 4.79 Å². The first kappa shape index (κ1) is 17.0. The van der Waals surface area contributed by atoms with E-state index in [0.717, 1.165) is 35.2 Å². The molecule has 0 aromatic heterocycles. The van der Waals surface area contributed by atoms with Gasteiger partial charge in [-0.3, -0.25) is 9.79 Å². The van der Waals surface area contributed by atoms with Gasteiger partial charge in [0, 0.05) is 18.0 Å². The number of thioether (sulfide) groups is 1. The second kappa shape index (κ2) is 6.68. The molecule has 0 aromatic rings. The third-order valence-corrected chi connectivity index (χ3v) is 7.55. The number of carbonyl (C=O) groups is 1. The number of hydrogen-bond acceptors (Lipinski definition) is 5. The van der Waals surface area contributed by atoms with Crippen molar-refractivity contribution in [2.24, 2.45) is 28.2 Å². The standard InChI is InChI=1S/C19H26N4OS/c1-12(19-7-13-4-14(8-19)6-15(5-13)9-19)23-17(24)16(10-20)11-22-18-21-2-3-25-18/h11-15H,2-9H2,1H3,(H,21,22)(H,23,24)/b16-11-. The summed E-state index contributed by atoms with van der Waals surface area (Å²) in [6, 6.07) is 2.16. The highest BCUT2D eigenvalue weighted by Crippen LogP contribution is 2.61. The van der Waals surface area contributed by atoms with Gasteiger partial charge in [0.1, 0.15) is 11.6 Å². The van der Waals surface area contributed by atoms with Crippen LogP contribution in [0.2, 0.25) is 0 Å². The van der Waals surface area contributed by atoms with Crippen molar-refractivity contribution in [2.75, 3.05) is 12.3 Å². The van der Waals surface area contributed by atoms with Gasteiger partial charge in [-0.2, -0.15) is 5.26 Å². The van der Waals surface area contributed by atoms with Crippen LogP contribution in [0.5, 0.6) is 0 Å². The van der Waals surface area contributed by atoms with E-state index in [-0.39, 0.29) is 22.9 Å². The largest absolute Gasteiger partial charge is 0.348 e. The Hall–Kier alpha value is -1.48. The summed E-state index contributed by atoms with van der Waals surface area (Å²) in [4.78, 5) is 16.9. The number of hydrogen-bond donors (Lipinski definition) is 2. The van der Waals surface area contributed by atoms with E-state index in [2.05, 4.69) is 22.5 Å². The highest BCUT2D eigenvalue weighted by atomic mass is 32.2. The van der Waals surface area contributed by atoms with Crippen LogP contribution in [-0.4, -0.2) is 29.4 Å². The van der Waals surface area contributed by atoms with E-state index in [1.165, 1.54) is 44.7 Å². The number of carbonyl (C=O) groups excluding carboxylic acids is 1. The summed E-state index contributed by atoms with van der Waals surface area (Å²) < 4.78 is 0. The van der Waals surface area contributed by atoms with E-state index in [1.54, 1.807) is 11.8 Å². The number of amidine groups is 1. The van der Waals surface area contributed by atoms with Gasteiger partial charge in [-0.15, -0.1) is 0 Å². The summed E-state index contributed by atoms with van der Waals surface area (Å²) in [5, 5.41) is 16.3. The van der Waals surface area contributed by atoms with Gasteiger partial charge >= 0.3 is 0 Å². The molecule has 5 rings (SSSR count). The van der Waals surface area contributed by atoms with Crippen molar-refractivity contribution in [1.29, 1.82) is 5.26 Å². The fourth-order valence-electron chi connectivity index (χ4n) is 5.84. The average molecular weight is 359 g/mol. The van der Waals surface area contributed by atoms with Gasteiger partial charge < -0.3 is 10.6 Å². The maximum Gasteiger partial charge on any atom is 0.263 e. The van der Waals surface area contributed by atoms with Crippen molar-refractivity contribution < 1.29 is 4.79 Å². The van der Waals surface area contributed by atoms with E-state index in [4.69, 9.17) is 0 Å². The molecule has 134 valence electrons. The first-order valence-corrected chi connectivity index (χ1v) is 10.4. The molecule has 0 radical (unpaired) electrons. The molecule has 6 heteroatoms. The van der Waals surface area contributed by atoms with Crippen LogP contribution in [0.25, 0.3) is 0 Å². The van der Waals surface area contributed by atoms with Crippen molar-refractivity contribution in [2.45, 2.75) is 51.5 Å². The van der Waals surface area contributed by atoms with Crippen LogP contribution in [0, 0.1) is 34.5 Å². The molecule has 0 saturated heterocycles. The van der Waals surface area contributed by atoms with Gasteiger partial charge in [0.25, 0.3) is 5.91 Å². The summed E-state index contributed by atoms with van der Waals surface area (Å²) in [5.74, 6) is 3.26. The minimum absolute atomic E-state index is 0.128. The van der Waals surface area contributed by atoms with E-state index in [9.17, 15) is 10.1 Å². The summed E-state index contributed by atoms with van der Waals surface area (Å²) in [5.41, 5.74) is 0.385. The Labute approximate surface area is 153 Å². The number of rotatable bonds is 4. The van der Waals surface area contributed by atoms with Gasteiger partial charge in [0.2, 0.25) is 0 Å². The molecular weight excluding hydrogens is 332 g/mol. The molecule has 1 unspecified atom stereocenters. The topological polar surface area (TPSA) is 77.3 Å². The quantitative estimate of drug-likeness (QED) is 0.598. The van der Waals surface area contributed by atoms with Crippen LogP contribution in [0.4, 0.5) is 0 Å². The number of nitriles is 1. The molecule has 5 nitrogen and oxygen atoms in total. The lowest BCUT2D eigenvalue weighted by Crippen LogP contribution is -2.56. The highest BCUT2D eigenvalue weighted by molar-refractivity contribution is 8.14. The average Bonchev–Trinajstić information content (AvgIpc) is 3.07. The van der Waals surface area contributed by atoms with Gasteiger partial charge in [-0.25, -0.2) is 0 Å². The molecule has 1 heterocycles. The maximum atomic E-state index is 12.6. The smallest absolute Gasteiger partial charge is 0.263 e. The third-order valence-electron chi connectivity index (χ3n) is 6.64. The van der Waals surface area contributed by atoms with E-state index in [1.807, 2.05) is 6.07 Å². The zero-order valence-electron chi connectivity index (χ0n) is 14.8. The van der Waals surface area contributed by atoms with E-state index >= 15 is 0 Å². The van der Waals surface area contributed by atoms with Crippen molar-refractivity contribution in [3.8, 4) is 6.07 Å². The Balaban J connectivity index is 1.41. The summed E-state index contributed by atoms with van der Waals surface area (Å²) in [7, 11) is 0. The van der Waals surface area contributed by atoms with Crippen LogP contribution in [0.3, 0.4) is 0 Å². The number of aliphatic imine (C=N–C) groups is 1. The monoisotopic (exact) mass is 358 g/mol. The first-order valence-electron chi connectivity index (χ1n) is 9.43. The van der Waals surface area contributed by atoms with Crippen LogP contribution >= 0.6 is 11.8 Å². The molecule has 4 aliphatic carbocycles. The lowest BCUT2D eigenvalue weighted by Gasteiger charge is -2.59. The molecule has 4 saturated carbocycles. The van der Waals surface area contributed by atoms with Crippen molar-refractivity contribution >= 4 is 22.8 Å². The molecular formula is C19H26N4OS. The molecule has 0 spiro atoms. The van der Waals surface area contributed by atoms with Crippen molar-refractivity contribution in [3.05, 3.63) is 11.8 Å². The Morgan fingerprint density at radius 3 is 2.48 bits per heavy atom. The zero-order valence-corrected chi connectivity index (χ0v) is 15.6. The molecule has 5 aliphatic rings. The third kappa shape index (κ3) is 3.31. The molecule has 2 N–H and O–H groups in total. The Morgan fingerprint density at radius 2 is 1.96 bits per heavy atom. The first-order chi connectivity index (χ1) is 12.1. The number of amides is 1. The second-order valence-corrected chi connectivity index (χ2v) is 9.41. The van der Waals surface area contributed by atoms with Crippen LogP contribution in [0.1, 0.15) is 45.4 Å². The van der Waals surface area contributed by atoms with Gasteiger partial charge in [-0.1, -0.05) is 11.8 Å². The molecule has 1 atom stereocenters. The lowest BCUT2D eigenvalue weighted by molar-refractivity contribution is -0.122. The molecule has 1 aliphatic heterocycles. The normalized spacial score (nSPS) is 37.4. The summed E-state index contributed by atoms with van der Waals surface area (Å²) in [6.45, 7) is 2.93. The molecule has 4 bridgehead atoms. The number of nitrogens with one attached hydrogen (secondary N) is 2. The van der Waals surface area contributed by atoms with Gasteiger partial charge in [0.05, 0.1) is 6.54 Å². The van der Waals surface area contributed by atoms with Crippen LogP contribution < -0.4 is 10.6 Å². The molecule has 25 heavy (non-hydrogen) atoms. The Morgan fingerprint density at radius 1 is 1.32 bits per heavy atom. The molecule has 0 aromatic carbocycles. The SMILES string of the molecule is CC(NC(=O)/C(C#N)=C\NC1=NCCS1)C12CC3CC(CC(C3)C1)C2. The predicted octanol–water partition coefficient (Wildman–Crippen LogP) is 2.81. The molecule has 4 fully saturated rings. The van der Waals surface area contributed by atoms with Crippen molar-refractivity contribution in [1.82, 2.24) is 10.6 Å². The maximum absolute atomic E-state index is 12.6. The summed E-state index contributed by atoms with van der Waals surface area (Å²) >= 11 is 1.61. The lowest BCUT2D eigenvalue weighted by atomic mass is 9.48.